The molecule has 1 aliphatic heterocycles. The van der Waals surface area contributed by atoms with Crippen molar-refractivity contribution in [2.45, 2.75) is 6.17 Å². The Hall–Kier alpha value is -6.11. The van der Waals surface area contributed by atoms with Crippen molar-refractivity contribution < 1.29 is 4.42 Å². The van der Waals surface area contributed by atoms with E-state index in [2.05, 4.69) is 101 Å². The third kappa shape index (κ3) is 4.34. The highest BCUT2D eigenvalue weighted by Gasteiger charge is 2.25. The summed E-state index contributed by atoms with van der Waals surface area (Å²) >= 11 is 1.85. The first-order valence-electron chi connectivity index (χ1n) is 16.0. The molecule has 0 saturated carbocycles. The molecule has 3 aromatic heterocycles. The van der Waals surface area contributed by atoms with E-state index in [1.165, 1.54) is 30.9 Å². The highest BCUT2D eigenvalue weighted by atomic mass is 32.1. The molecule has 0 spiro atoms. The quantitative estimate of drug-likeness (QED) is 0.210. The zero-order chi connectivity index (χ0) is 31.6. The fourth-order valence-electron chi connectivity index (χ4n) is 6.90. The largest absolute Gasteiger partial charge is 0.456 e. The number of thiophene rings is 1. The van der Waals surface area contributed by atoms with Crippen LogP contribution in [0.3, 0.4) is 0 Å². The number of pyridine rings is 1. The fourth-order valence-corrected chi connectivity index (χ4v) is 8.12. The summed E-state index contributed by atoms with van der Waals surface area (Å²) in [4.78, 5) is 14.7. The summed E-state index contributed by atoms with van der Waals surface area (Å²) in [6.45, 7) is 0. The summed E-state index contributed by atoms with van der Waals surface area (Å²) in [7, 11) is 0. The molecule has 10 rings (SSSR count). The fraction of sp³-hybridized carbons (Fsp3) is 0.0238. The van der Waals surface area contributed by atoms with Crippen LogP contribution in [-0.2, 0) is 0 Å². The zero-order valence-electron chi connectivity index (χ0n) is 25.6. The molecule has 226 valence electrons. The third-order valence-corrected chi connectivity index (χ3v) is 10.4. The summed E-state index contributed by atoms with van der Waals surface area (Å²) in [5.74, 6) is 1.42. The van der Waals surface area contributed by atoms with E-state index in [-0.39, 0.29) is 6.17 Å². The monoisotopic (exact) mass is 634 g/mol. The first-order chi connectivity index (χ1) is 23.8. The highest BCUT2D eigenvalue weighted by Crippen LogP contribution is 2.41. The Morgan fingerprint density at radius 1 is 0.625 bits per heavy atom. The molecule has 1 unspecified atom stereocenters. The van der Waals surface area contributed by atoms with Gasteiger partial charge < -0.3 is 9.73 Å². The molecule has 0 saturated heterocycles. The van der Waals surface area contributed by atoms with Crippen LogP contribution in [0.1, 0.15) is 22.9 Å². The minimum atomic E-state index is -0.313. The van der Waals surface area contributed by atoms with Crippen LogP contribution in [0.15, 0.2) is 160 Å². The second-order valence-corrected chi connectivity index (χ2v) is 13.1. The van der Waals surface area contributed by atoms with Gasteiger partial charge in [-0.2, -0.15) is 0 Å². The highest BCUT2D eigenvalue weighted by molar-refractivity contribution is 7.26. The number of benzene rings is 6. The lowest BCUT2D eigenvalue weighted by Crippen LogP contribution is -2.33. The number of aliphatic imine (C=N–C) groups is 2. The molecule has 48 heavy (non-hydrogen) atoms. The Bertz CT molecular complexity index is 2760. The standard InChI is InChI=1S/C42H26N4OS/c1-3-10-26(11-4-1)40-44-41(27-12-5-2-6-13-27)46-42(45-40)33-22-29(23-36-38(33)34-24-43-20-19-35(34)47-36)28-16-18-37-32(21-28)31-17-15-25-9-7-8-14-30(25)39(31)48-37/h1-24,40H,(H,44,45,46). The number of nitrogens with zero attached hydrogens (tertiary/aromatic N) is 3. The van der Waals surface area contributed by atoms with Crippen molar-refractivity contribution >= 4 is 75.9 Å². The average Bonchev–Trinajstić information content (AvgIpc) is 3.73. The lowest BCUT2D eigenvalue weighted by atomic mass is 9.96. The molecule has 0 amide bonds. The first kappa shape index (κ1) is 27.0. The first-order valence-corrected chi connectivity index (χ1v) is 16.8. The van der Waals surface area contributed by atoms with E-state index in [1.807, 2.05) is 60.0 Å². The number of hydrogen-bond donors (Lipinski definition) is 1. The molecule has 9 aromatic rings. The maximum Gasteiger partial charge on any atom is 0.159 e. The maximum atomic E-state index is 6.51. The van der Waals surface area contributed by atoms with E-state index in [9.17, 15) is 0 Å². The second-order valence-electron chi connectivity index (χ2n) is 12.1. The lowest BCUT2D eigenvalue weighted by Gasteiger charge is -2.24. The molecular formula is C42H26N4OS. The Kier molecular flexibility index (Phi) is 6.04. The van der Waals surface area contributed by atoms with Gasteiger partial charge in [-0.15, -0.1) is 11.3 Å². The van der Waals surface area contributed by atoms with Gasteiger partial charge in [0.15, 0.2) is 5.84 Å². The van der Waals surface area contributed by atoms with Gasteiger partial charge in [0.2, 0.25) is 0 Å². The van der Waals surface area contributed by atoms with Crippen molar-refractivity contribution in [2.75, 3.05) is 0 Å². The molecule has 0 bridgehead atoms. The average molecular weight is 635 g/mol. The predicted molar refractivity (Wildman–Crippen MR) is 199 cm³/mol. The number of aromatic nitrogens is 1. The predicted octanol–water partition coefficient (Wildman–Crippen LogP) is 10.7. The van der Waals surface area contributed by atoms with E-state index < -0.39 is 0 Å². The van der Waals surface area contributed by atoms with Crippen LogP contribution in [0.2, 0.25) is 0 Å². The number of fused-ring (bicyclic) bond motifs is 8. The smallest absolute Gasteiger partial charge is 0.159 e. The molecule has 4 heterocycles. The van der Waals surface area contributed by atoms with Crippen molar-refractivity contribution in [3.05, 3.63) is 163 Å². The zero-order valence-corrected chi connectivity index (χ0v) is 26.4. The van der Waals surface area contributed by atoms with Crippen LogP contribution >= 0.6 is 11.3 Å². The van der Waals surface area contributed by atoms with Gasteiger partial charge >= 0.3 is 0 Å². The molecule has 1 aliphatic rings. The van der Waals surface area contributed by atoms with Gasteiger partial charge in [-0.05, 0) is 57.8 Å². The Morgan fingerprint density at radius 3 is 2.35 bits per heavy atom. The van der Waals surface area contributed by atoms with E-state index in [0.29, 0.717) is 5.84 Å². The van der Waals surface area contributed by atoms with Gasteiger partial charge in [0.1, 0.15) is 23.2 Å². The van der Waals surface area contributed by atoms with Gasteiger partial charge in [0.05, 0.1) is 0 Å². The van der Waals surface area contributed by atoms with Gasteiger partial charge in [-0.25, -0.2) is 9.98 Å². The summed E-state index contributed by atoms with van der Waals surface area (Å²) in [6.07, 6.45) is 3.34. The van der Waals surface area contributed by atoms with Crippen LogP contribution in [-0.4, -0.2) is 16.7 Å². The molecule has 0 radical (unpaired) electrons. The number of hydrogen-bond acceptors (Lipinski definition) is 6. The Labute approximate surface area is 279 Å². The Morgan fingerprint density at radius 2 is 1.46 bits per heavy atom. The number of rotatable bonds is 4. The van der Waals surface area contributed by atoms with Gasteiger partial charge in [0.25, 0.3) is 0 Å². The molecule has 1 N–H and O–H groups in total. The second kappa shape index (κ2) is 10.7. The maximum absolute atomic E-state index is 6.51. The van der Waals surface area contributed by atoms with Crippen molar-refractivity contribution in [2.24, 2.45) is 9.98 Å². The van der Waals surface area contributed by atoms with Crippen LogP contribution < -0.4 is 5.32 Å². The molecule has 0 aliphatic carbocycles. The van der Waals surface area contributed by atoms with E-state index in [4.69, 9.17) is 14.4 Å². The SMILES string of the molecule is c1ccc(C2=NC(c3ccccc3)NC(c3cc(-c4ccc5sc6c7ccccc7ccc6c5c4)cc4oc5ccncc5c34)=N2)cc1. The molecule has 0 fully saturated rings. The summed E-state index contributed by atoms with van der Waals surface area (Å²) in [6, 6.07) is 46.7. The Balaban J connectivity index is 1.20. The topological polar surface area (TPSA) is 62.8 Å². The normalized spacial score (nSPS) is 14.9. The summed E-state index contributed by atoms with van der Waals surface area (Å²) in [5, 5.41) is 10.7. The lowest BCUT2D eigenvalue weighted by molar-refractivity contribution is 0.667. The number of amidine groups is 2. The minimum Gasteiger partial charge on any atom is -0.456 e. The summed E-state index contributed by atoms with van der Waals surface area (Å²) < 4.78 is 9.10. The van der Waals surface area contributed by atoms with E-state index >= 15 is 0 Å². The van der Waals surface area contributed by atoms with Gasteiger partial charge in [-0.3, -0.25) is 4.98 Å². The van der Waals surface area contributed by atoms with Gasteiger partial charge in [0, 0.05) is 54.5 Å². The van der Waals surface area contributed by atoms with E-state index in [0.717, 1.165) is 55.6 Å². The van der Waals surface area contributed by atoms with Crippen LogP contribution in [0, 0.1) is 0 Å². The van der Waals surface area contributed by atoms with Crippen molar-refractivity contribution in [3.63, 3.8) is 0 Å². The van der Waals surface area contributed by atoms with Crippen molar-refractivity contribution in [3.8, 4) is 11.1 Å². The third-order valence-electron chi connectivity index (χ3n) is 9.21. The van der Waals surface area contributed by atoms with Gasteiger partial charge in [-0.1, -0.05) is 103 Å². The van der Waals surface area contributed by atoms with Crippen LogP contribution in [0.25, 0.3) is 64.0 Å². The molecule has 6 aromatic carbocycles. The molecular weight excluding hydrogens is 609 g/mol. The minimum absolute atomic E-state index is 0.313. The molecule has 5 nitrogen and oxygen atoms in total. The number of furan rings is 1. The number of nitrogens with one attached hydrogen (secondary N) is 1. The molecule has 6 heteroatoms. The van der Waals surface area contributed by atoms with Crippen LogP contribution in [0.4, 0.5) is 0 Å². The van der Waals surface area contributed by atoms with Crippen molar-refractivity contribution in [1.82, 2.24) is 10.3 Å². The van der Waals surface area contributed by atoms with Crippen molar-refractivity contribution in [1.29, 1.82) is 0 Å². The van der Waals surface area contributed by atoms with E-state index in [1.54, 1.807) is 6.20 Å². The summed E-state index contributed by atoms with van der Waals surface area (Å²) in [5.41, 5.74) is 6.72. The van der Waals surface area contributed by atoms with Crippen LogP contribution in [0.5, 0.6) is 0 Å². The molecule has 1 atom stereocenters.